The van der Waals surface area contributed by atoms with Crippen molar-refractivity contribution in [2.45, 2.75) is 0 Å². The number of furan rings is 3. The van der Waals surface area contributed by atoms with Gasteiger partial charge in [0.15, 0.2) is 0 Å². The molecule has 117 heavy (non-hydrogen) atoms. The molecule has 0 unspecified atom stereocenters. The summed E-state index contributed by atoms with van der Waals surface area (Å²) >= 11 is 0. The molecule has 0 bridgehead atoms. The first kappa shape index (κ1) is 67.3. The molecule has 0 saturated heterocycles. The Morgan fingerprint density at radius 3 is 0.761 bits per heavy atom. The zero-order valence-corrected chi connectivity index (χ0v) is 63.6. The number of hydrogen-bond acceptors (Lipinski definition) is 3. The third-order valence-corrected chi connectivity index (χ3v) is 24.1. The number of benzene rings is 22. The molecule has 3 heterocycles. The highest BCUT2D eigenvalue weighted by atomic mass is 16.3. The van der Waals surface area contributed by atoms with Crippen molar-refractivity contribution in [3.05, 3.63) is 425 Å². The highest BCUT2D eigenvalue weighted by Gasteiger charge is 2.23. The topological polar surface area (TPSA) is 39.4 Å². The van der Waals surface area contributed by atoms with E-state index in [9.17, 15) is 0 Å². The third kappa shape index (κ3) is 11.3. The first-order chi connectivity index (χ1) is 58.0. The average Bonchev–Trinajstić information content (AvgIpc) is 1.68. The minimum absolute atomic E-state index is 0.913. The van der Waals surface area contributed by atoms with Gasteiger partial charge in [0.05, 0.1) is 0 Å². The highest BCUT2D eigenvalue weighted by Crippen LogP contribution is 2.50. The van der Waals surface area contributed by atoms with Gasteiger partial charge in [-0.25, -0.2) is 0 Å². The summed E-state index contributed by atoms with van der Waals surface area (Å²) in [5.74, 6) is 0. The summed E-state index contributed by atoms with van der Waals surface area (Å²) < 4.78 is 18.8. The van der Waals surface area contributed by atoms with Gasteiger partial charge in [0.25, 0.3) is 0 Å². The summed E-state index contributed by atoms with van der Waals surface area (Å²) in [6, 6.07) is 153. The molecule has 0 aliphatic carbocycles. The van der Waals surface area contributed by atoms with Crippen LogP contribution in [0.5, 0.6) is 0 Å². The molecular weight excluding hydrogens is 1420 g/mol. The molecule has 0 aliphatic heterocycles. The number of para-hydroxylation sites is 3. The van der Waals surface area contributed by atoms with Gasteiger partial charge in [-0.3, -0.25) is 0 Å². The zero-order chi connectivity index (χ0) is 77.0. The van der Waals surface area contributed by atoms with E-state index < -0.39 is 0 Å². The van der Waals surface area contributed by atoms with Gasteiger partial charge in [-0.15, -0.1) is 0 Å². The van der Waals surface area contributed by atoms with Crippen LogP contribution >= 0.6 is 0 Å². The first-order valence-corrected chi connectivity index (χ1v) is 40.2. The first-order valence-electron chi connectivity index (χ1n) is 40.2. The van der Waals surface area contributed by atoms with E-state index in [2.05, 4.69) is 388 Å². The molecule has 0 spiro atoms. The van der Waals surface area contributed by atoms with Crippen molar-refractivity contribution in [2.75, 3.05) is 0 Å². The van der Waals surface area contributed by atoms with Crippen molar-refractivity contribution in [2.24, 2.45) is 0 Å². The van der Waals surface area contributed by atoms with Crippen molar-refractivity contribution in [3.8, 4) is 77.9 Å². The number of fused-ring (bicyclic) bond motifs is 19. The summed E-state index contributed by atoms with van der Waals surface area (Å²) in [5.41, 5.74) is 22.8. The van der Waals surface area contributed by atoms with E-state index in [0.717, 1.165) is 71.4 Å². The van der Waals surface area contributed by atoms with Gasteiger partial charge in [-0.05, 0) is 248 Å². The van der Waals surface area contributed by atoms with E-state index in [1.165, 1.54) is 169 Å². The van der Waals surface area contributed by atoms with Gasteiger partial charge in [0.2, 0.25) is 0 Å². The normalized spacial score (nSPS) is 11.8. The highest BCUT2D eigenvalue weighted by molar-refractivity contribution is 6.26. The van der Waals surface area contributed by atoms with Gasteiger partial charge in [0, 0.05) is 32.3 Å². The molecule has 0 radical (unpaired) electrons. The molecule has 544 valence electrons. The molecule has 0 aliphatic rings. The second-order valence-corrected chi connectivity index (χ2v) is 30.7. The Morgan fingerprint density at radius 2 is 0.368 bits per heavy atom. The maximum Gasteiger partial charge on any atom is 0.136 e. The number of hydrogen-bond donors (Lipinski definition) is 0. The average molecular weight is 1490 g/mol. The Balaban J connectivity index is 0.000000105. The quantitative estimate of drug-likeness (QED) is 0.118. The fraction of sp³-hybridized carbons (Fsp3) is 0. The second-order valence-electron chi connectivity index (χ2n) is 30.7. The van der Waals surface area contributed by atoms with Crippen LogP contribution in [-0.4, -0.2) is 0 Å². The van der Waals surface area contributed by atoms with Crippen LogP contribution in [0.2, 0.25) is 0 Å². The van der Waals surface area contributed by atoms with Crippen LogP contribution < -0.4 is 0 Å². The molecule has 0 amide bonds. The molecule has 3 nitrogen and oxygen atoms in total. The molecule has 0 fully saturated rings. The lowest BCUT2D eigenvalue weighted by atomic mass is 9.85. The Hall–Kier alpha value is -15.4. The molecule has 0 N–H and O–H groups in total. The van der Waals surface area contributed by atoms with Crippen LogP contribution in [0.25, 0.3) is 241 Å². The molecule has 22 aromatic carbocycles. The molecule has 3 heteroatoms. The fourth-order valence-electron chi connectivity index (χ4n) is 19.0. The van der Waals surface area contributed by atoms with E-state index >= 15 is 0 Å². The monoisotopic (exact) mass is 1490 g/mol. The maximum absolute atomic E-state index is 6.34. The van der Waals surface area contributed by atoms with Crippen molar-refractivity contribution in [1.82, 2.24) is 0 Å². The van der Waals surface area contributed by atoms with Crippen LogP contribution in [0.3, 0.4) is 0 Å². The van der Waals surface area contributed by atoms with Crippen molar-refractivity contribution >= 4 is 163 Å². The van der Waals surface area contributed by atoms with Crippen molar-refractivity contribution in [1.29, 1.82) is 0 Å². The van der Waals surface area contributed by atoms with Crippen LogP contribution in [0.4, 0.5) is 0 Å². The molecule has 0 atom stereocenters. The zero-order valence-electron chi connectivity index (χ0n) is 63.6. The van der Waals surface area contributed by atoms with Crippen LogP contribution in [-0.2, 0) is 0 Å². The van der Waals surface area contributed by atoms with E-state index in [0.29, 0.717) is 0 Å². The van der Waals surface area contributed by atoms with E-state index in [4.69, 9.17) is 13.3 Å². The Bertz CT molecular complexity index is 8170. The Kier molecular flexibility index (Phi) is 16.0. The predicted molar refractivity (Wildman–Crippen MR) is 497 cm³/mol. The van der Waals surface area contributed by atoms with Crippen LogP contribution in [0.15, 0.2) is 438 Å². The SMILES string of the molecule is c1cc(-c2c3ccccc3c(-c3ccc4c(c3)oc3ccccc34)c3ccccc23)cc(-c2cc3ccccc3c3ccccc23)c1.c1ccc(-c2c3ccccc3c(-c3ccc4c(c3)oc3ccccc34)c3ccccc23)cc1.c1ccc2cc(-c3c4ccccc4c(-c4ccc5c(c4)oc4ccccc45)c4ccccc34)ccc2c1. The predicted octanol–water partition coefficient (Wildman–Crippen LogP) is 32.8. The fourth-order valence-corrected chi connectivity index (χ4v) is 19.0. The lowest BCUT2D eigenvalue weighted by Crippen LogP contribution is -1.91. The summed E-state index contributed by atoms with van der Waals surface area (Å²) in [6.07, 6.45) is 0. The van der Waals surface area contributed by atoms with E-state index in [1.54, 1.807) is 0 Å². The molecular formula is C114H70O3. The summed E-state index contributed by atoms with van der Waals surface area (Å²) in [4.78, 5) is 0. The van der Waals surface area contributed by atoms with Gasteiger partial charge >= 0.3 is 0 Å². The minimum Gasteiger partial charge on any atom is -0.456 e. The molecule has 25 rings (SSSR count). The van der Waals surface area contributed by atoms with Gasteiger partial charge in [-0.2, -0.15) is 0 Å². The van der Waals surface area contributed by atoms with E-state index in [-0.39, 0.29) is 0 Å². The lowest BCUT2D eigenvalue weighted by molar-refractivity contribution is 0.668. The maximum atomic E-state index is 6.34. The van der Waals surface area contributed by atoms with Gasteiger partial charge < -0.3 is 13.3 Å². The Labute approximate surface area is 674 Å². The second kappa shape index (κ2) is 27.8. The summed E-state index contributed by atoms with van der Waals surface area (Å²) in [7, 11) is 0. The third-order valence-electron chi connectivity index (χ3n) is 24.1. The van der Waals surface area contributed by atoms with Crippen molar-refractivity contribution in [3.63, 3.8) is 0 Å². The molecule has 25 aromatic rings. The largest absolute Gasteiger partial charge is 0.456 e. The Morgan fingerprint density at radius 1 is 0.111 bits per heavy atom. The summed E-state index contributed by atoms with van der Waals surface area (Å²) in [6.45, 7) is 0. The standard InChI is InChI=1S/C46H28O.C36H22O.C32H20O/c1-2-15-33-30(12-1)27-42(35-17-4-3-16-34(33)35)29-13-11-14-31(26-29)45-38-19-5-7-21-40(38)46(41-22-8-6-20-39(41)45)32-24-25-37-36-18-9-10-23-43(36)47-44(37)28-32;1-2-10-24-21-25(18-17-23(24)9-1)35-29-12-3-5-14-31(29)36(32-15-6-4-13-30(32)35)26-19-20-28-27-11-7-8-16-33(27)37-34(28)22-26;1-2-10-21(11-3-1)31-25-13-4-6-15-27(25)32(28-16-7-5-14-26(28)31)22-18-19-24-23-12-8-9-17-29(23)33-30(24)20-22/h1-28H;1-22H;1-20H. The van der Waals surface area contributed by atoms with E-state index in [1.807, 2.05) is 36.4 Å². The van der Waals surface area contributed by atoms with Crippen LogP contribution in [0, 0.1) is 0 Å². The summed E-state index contributed by atoms with van der Waals surface area (Å²) in [5, 5.41) is 29.6. The number of rotatable bonds is 7. The minimum atomic E-state index is 0.913. The van der Waals surface area contributed by atoms with Crippen LogP contribution in [0.1, 0.15) is 0 Å². The molecule has 0 saturated carbocycles. The lowest BCUT2D eigenvalue weighted by Gasteiger charge is -2.18. The van der Waals surface area contributed by atoms with Crippen molar-refractivity contribution < 1.29 is 13.3 Å². The smallest absolute Gasteiger partial charge is 0.136 e. The van der Waals surface area contributed by atoms with Gasteiger partial charge in [-0.1, -0.05) is 352 Å². The molecule has 3 aromatic heterocycles. The van der Waals surface area contributed by atoms with Gasteiger partial charge in [0.1, 0.15) is 33.5 Å².